The summed E-state index contributed by atoms with van der Waals surface area (Å²) in [7, 11) is 0. The van der Waals surface area contributed by atoms with Crippen molar-refractivity contribution in [3.8, 4) is 11.5 Å². The number of rotatable bonds is 6. The Morgan fingerprint density at radius 1 is 0.870 bits per heavy atom. The summed E-state index contributed by atoms with van der Waals surface area (Å²) in [4.78, 5) is 0. The van der Waals surface area contributed by atoms with Gasteiger partial charge in [0.05, 0.1) is 0 Å². The van der Waals surface area contributed by atoms with E-state index in [1.54, 1.807) is 0 Å². The molecule has 0 amide bonds. The molecule has 23 heavy (non-hydrogen) atoms. The number of hydrogen-bond acceptors (Lipinski definition) is 3. The van der Waals surface area contributed by atoms with Crippen LogP contribution in [0.25, 0.3) is 0 Å². The second-order valence-corrected chi connectivity index (χ2v) is 5.70. The molecular formula is C19H24ClNO2. The standard InChI is InChI=1S/C19H23NO2.ClH/c1-2-6-16(7-3-1)14-21-18-9-11-19(12-10-18)22-15-17-8-4-5-13-20-17;/h1-3,6-7,9-12,17,20H,4-5,8,13-15H2;1H. The zero-order valence-electron chi connectivity index (χ0n) is 13.2. The summed E-state index contributed by atoms with van der Waals surface area (Å²) in [6.45, 7) is 2.44. The predicted octanol–water partition coefficient (Wildman–Crippen LogP) is 4.21. The molecule has 3 rings (SSSR count). The molecule has 124 valence electrons. The van der Waals surface area contributed by atoms with Crippen LogP contribution in [0.5, 0.6) is 11.5 Å². The first-order chi connectivity index (χ1) is 10.9. The molecule has 1 aliphatic heterocycles. The Kier molecular flexibility index (Phi) is 7.24. The van der Waals surface area contributed by atoms with Gasteiger partial charge in [-0.1, -0.05) is 36.8 Å². The molecule has 1 unspecified atom stereocenters. The van der Waals surface area contributed by atoms with Crippen LogP contribution < -0.4 is 14.8 Å². The van der Waals surface area contributed by atoms with Crippen molar-refractivity contribution in [2.45, 2.75) is 31.9 Å². The first kappa shape index (κ1) is 17.6. The van der Waals surface area contributed by atoms with E-state index in [-0.39, 0.29) is 12.4 Å². The number of nitrogens with one attached hydrogen (secondary N) is 1. The molecule has 1 heterocycles. The number of benzene rings is 2. The van der Waals surface area contributed by atoms with Gasteiger partial charge in [0.2, 0.25) is 0 Å². The molecule has 0 saturated carbocycles. The summed E-state index contributed by atoms with van der Waals surface area (Å²) >= 11 is 0. The molecule has 3 nitrogen and oxygen atoms in total. The summed E-state index contributed by atoms with van der Waals surface area (Å²) in [5.41, 5.74) is 1.17. The Balaban J connectivity index is 0.00000192. The van der Waals surface area contributed by atoms with Gasteiger partial charge in [0.25, 0.3) is 0 Å². The van der Waals surface area contributed by atoms with Crippen molar-refractivity contribution in [2.24, 2.45) is 0 Å². The van der Waals surface area contributed by atoms with Gasteiger partial charge in [0.15, 0.2) is 0 Å². The van der Waals surface area contributed by atoms with Crippen molar-refractivity contribution in [1.82, 2.24) is 5.32 Å². The van der Waals surface area contributed by atoms with Gasteiger partial charge in [-0.15, -0.1) is 12.4 Å². The Bertz CT molecular complexity index is 553. The molecule has 0 spiro atoms. The Labute approximate surface area is 144 Å². The van der Waals surface area contributed by atoms with Crippen molar-refractivity contribution in [1.29, 1.82) is 0 Å². The molecule has 1 saturated heterocycles. The van der Waals surface area contributed by atoms with Crippen LogP contribution in [0.4, 0.5) is 0 Å². The predicted molar refractivity (Wildman–Crippen MR) is 95.6 cm³/mol. The zero-order chi connectivity index (χ0) is 15.0. The van der Waals surface area contributed by atoms with Crippen molar-refractivity contribution >= 4 is 12.4 Å². The lowest BCUT2D eigenvalue weighted by Gasteiger charge is -2.23. The van der Waals surface area contributed by atoms with Crippen LogP contribution in [-0.4, -0.2) is 19.2 Å². The molecule has 2 aromatic carbocycles. The average Bonchev–Trinajstić information content (AvgIpc) is 2.61. The lowest BCUT2D eigenvalue weighted by molar-refractivity contribution is 0.238. The van der Waals surface area contributed by atoms with Crippen molar-refractivity contribution in [2.75, 3.05) is 13.2 Å². The van der Waals surface area contributed by atoms with Gasteiger partial charge in [-0.2, -0.15) is 0 Å². The Morgan fingerprint density at radius 2 is 1.57 bits per heavy atom. The zero-order valence-corrected chi connectivity index (χ0v) is 14.1. The summed E-state index contributed by atoms with van der Waals surface area (Å²) in [5.74, 6) is 1.77. The minimum Gasteiger partial charge on any atom is -0.492 e. The van der Waals surface area contributed by atoms with E-state index in [0.29, 0.717) is 12.6 Å². The summed E-state index contributed by atoms with van der Waals surface area (Å²) in [5, 5.41) is 3.49. The minimum atomic E-state index is 0. The highest BCUT2D eigenvalue weighted by molar-refractivity contribution is 5.85. The van der Waals surface area contributed by atoms with Crippen molar-refractivity contribution < 1.29 is 9.47 Å². The fraction of sp³-hybridized carbons (Fsp3) is 0.368. The highest BCUT2D eigenvalue weighted by atomic mass is 35.5. The van der Waals surface area contributed by atoms with E-state index in [9.17, 15) is 0 Å². The first-order valence-electron chi connectivity index (χ1n) is 8.03. The van der Waals surface area contributed by atoms with E-state index < -0.39 is 0 Å². The van der Waals surface area contributed by atoms with Gasteiger partial charge in [-0.05, 0) is 49.2 Å². The number of piperidine rings is 1. The normalized spacial score (nSPS) is 17.1. The molecule has 1 aliphatic rings. The maximum absolute atomic E-state index is 5.85. The summed E-state index contributed by atoms with van der Waals surface area (Å²) in [6, 6.07) is 18.6. The summed E-state index contributed by atoms with van der Waals surface area (Å²) in [6.07, 6.45) is 3.79. The van der Waals surface area contributed by atoms with E-state index in [1.165, 1.54) is 24.8 Å². The largest absolute Gasteiger partial charge is 0.492 e. The molecule has 4 heteroatoms. The topological polar surface area (TPSA) is 30.5 Å². The van der Waals surface area contributed by atoms with Crippen LogP contribution >= 0.6 is 12.4 Å². The van der Waals surface area contributed by atoms with Gasteiger partial charge in [0, 0.05) is 6.04 Å². The third kappa shape index (κ3) is 5.77. The van der Waals surface area contributed by atoms with Crippen LogP contribution in [0.15, 0.2) is 54.6 Å². The molecular weight excluding hydrogens is 310 g/mol. The quantitative estimate of drug-likeness (QED) is 0.859. The van der Waals surface area contributed by atoms with Gasteiger partial charge in [0.1, 0.15) is 24.7 Å². The molecule has 0 radical (unpaired) electrons. The molecule has 1 N–H and O–H groups in total. The van der Waals surface area contributed by atoms with Crippen LogP contribution in [-0.2, 0) is 6.61 Å². The molecule has 0 bridgehead atoms. The fourth-order valence-corrected chi connectivity index (χ4v) is 2.64. The van der Waals surface area contributed by atoms with E-state index in [0.717, 1.165) is 24.7 Å². The molecule has 0 aromatic heterocycles. The van der Waals surface area contributed by atoms with E-state index in [1.807, 2.05) is 42.5 Å². The monoisotopic (exact) mass is 333 g/mol. The fourth-order valence-electron chi connectivity index (χ4n) is 2.64. The highest BCUT2D eigenvalue weighted by Crippen LogP contribution is 2.19. The molecule has 1 atom stereocenters. The van der Waals surface area contributed by atoms with Gasteiger partial charge >= 0.3 is 0 Å². The minimum absolute atomic E-state index is 0. The number of halogens is 1. The maximum Gasteiger partial charge on any atom is 0.120 e. The molecule has 0 aliphatic carbocycles. The number of ether oxygens (including phenoxy) is 2. The average molecular weight is 334 g/mol. The third-order valence-electron chi connectivity index (χ3n) is 3.94. The lowest BCUT2D eigenvalue weighted by Crippen LogP contribution is -2.38. The Morgan fingerprint density at radius 3 is 2.22 bits per heavy atom. The van der Waals surface area contributed by atoms with Crippen molar-refractivity contribution in [3.05, 3.63) is 60.2 Å². The summed E-state index contributed by atoms with van der Waals surface area (Å²) < 4.78 is 11.6. The van der Waals surface area contributed by atoms with E-state index in [2.05, 4.69) is 17.4 Å². The van der Waals surface area contributed by atoms with E-state index >= 15 is 0 Å². The van der Waals surface area contributed by atoms with Crippen LogP contribution in [0.1, 0.15) is 24.8 Å². The highest BCUT2D eigenvalue weighted by Gasteiger charge is 2.12. The Hall–Kier alpha value is -1.71. The second-order valence-electron chi connectivity index (χ2n) is 5.70. The van der Waals surface area contributed by atoms with Gasteiger partial charge in [-0.25, -0.2) is 0 Å². The van der Waals surface area contributed by atoms with Crippen LogP contribution in [0.2, 0.25) is 0 Å². The molecule has 2 aromatic rings. The second kappa shape index (κ2) is 9.43. The SMILES string of the molecule is Cl.c1ccc(COc2ccc(OCC3CCCCN3)cc2)cc1. The smallest absolute Gasteiger partial charge is 0.120 e. The first-order valence-corrected chi connectivity index (χ1v) is 8.03. The number of hydrogen-bond donors (Lipinski definition) is 1. The van der Waals surface area contributed by atoms with Crippen LogP contribution in [0, 0.1) is 0 Å². The van der Waals surface area contributed by atoms with Gasteiger partial charge in [-0.3, -0.25) is 0 Å². The van der Waals surface area contributed by atoms with Crippen LogP contribution in [0.3, 0.4) is 0 Å². The lowest BCUT2D eigenvalue weighted by atomic mass is 10.1. The molecule has 1 fully saturated rings. The van der Waals surface area contributed by atoms with E-state index in [4.69, 9.17) is 9.47 Å². The van der Waals surface area contributed by atoms with Gasteiger partial charge < -0.3 is 14.8 Å². The van der Waals surface area contributed by atoms with Crippen molar-refractivity contribution in [3.63, 3.8) is 0 Å². The maximum atomic E-state index is 5.85. The third-order valence-corrected chi connectivity index (χ3v) is 3.94.